The number of nitrogens with one attached hydrogen (secondary N) is 1. The van der Waals surface area contributed by atoms with Crippen molar-refractivity contribution in [3.05, 3.63) is 58.5 Å². The van der Waals surface area contributed by atoms with Gasteiger partial charge in [-0.2, -0.15) is 18.3 Å². The highest BCUT2D eigenvalue weighted by Crippen LogP contribution is 2.27. The van der Waals surface area contributed by atoms with Crippen molar-refractivity contribution in [1.82, 2.24) is 25.1 Å². The van der Waals surface area contributed by atoms with Gasteiger partial charge in [0.15, 0.2) is 0 Å². The summed E-state index contributed by atoms with van der Waals surface area (Å²) in [6.45, 7) is 4.50. The fourth-order valence-electron chi connectivity index (χ4n) is 4.08. The number of carbonyl (C=O) groups excluding carboxylic acids is 1. The van der Waals surface area contributed by atoms with Crippen LogP contribution in [0.1, 0.15) is 30.7 Å². The average molecular weight is 490 g/mol. The summed E-state index contributed by atoms with van der Waals surface area (Å²) in [5.41, 5.74) is 1.21. The number of aromatic amines is 1. The third-order valence-electron chi connectivity index (χ3n) is 5.99. The Hall–Kier alpha value is -3.54. The van der Waals surface area contributed by atoms with Crippen molar-refractivity contribution >= 4 is 22.4 Å². The molecule has 0 radical (unpaired) electrons. The molecule has 2 aromatic heterocycles. The average Bonchev–Trinajstić information content (AvgIpc) is 2.86. The van der Waals surface area contributed by atoms with E-state index >= 15 is 0 Å². The molecule has 12 heteroatoms. The molecule has 0 bridgehead atoms. The number of halogens is 3. The Morgan fingerprint density at radius 1 is 1.11 bits per heavy atom. The number of fused-ring (bicyclic) bond motifs is 1. The highest BCUT2D eigenvalue weighted by atomic mass is 19.4. The molecule has 3 heterocycles. The number of carbonyl (C=O) groups is 1. The summed E-state index contributed by atoms with van der Waals surface area (Å²) >= 11 is 0. The molecule has 186 valence electrons. The van der Waals surface area contributed by atoms with Crippen LogP contribution < -0.4 is 10.5 Å². The number of alkyl halides is 3. The Bertz CT molecular complexity index is 1220. The van der Waals surface area contributed by atoms with Crippen LogP contribution in [-0.2, 0) is 15.7 Å². The summed E-state index contributed by atoms with van der Waals surface area (Å²) in [5.74, 6) is -1.20. The predicted octanol–water partition coefficient (Wildman–Crippen LogP) is 2.59. The van der Waals surface area contributed by atoms with Gasteiger partial charge < -0.3 is 14.5 Å². The number of rotatable bonds is 7. The number of ether oxygens (including phenoxy) is 1. The number of aromatic nitrogens is 4. The van der Waals surface area contributed by atoms with Crippen molar-refractivity contribution in [3.63, 3.8) is 0 Å². The Balaban J connectivity index is 1.22. The molecule has 1 N–H and O–H groups in total. The fraction of sp³-hybridized carbons (Fsp3) is 0.435. The monoisotopic (exact) mass is 490 g/mol. The third-order valence-corrected chi connectivity index (χ3v) is 5.99. The molecule has 3 aromatic rings. The van der Waals surface area contributed by atoms with Gasteiger partial charge in [-0.15, -0.1) is 0 Å². The number of H-pyrrole nitrogens is 1. The highest BCUT2D eigenvalue weighted by Gasteiger charge is 2.34. The lowest BCUT2D eigenvalue weighted by Gasteiger charge is -2.35. The Morgan fingerprint density at radius 3 is 2.51 bits per heavy atom. The Kier molecular flexibility index (Phi) is 7.29. The molecule has 1 aromatic carbocycles. The maximum absolute atomic E-state index is 12.6. The van der Waals surface area contributed by atoms with Crippen molar-refractivity contribution in [2.45, 2.75) is 25.4 Å². The van der Waals surface area contributed by atoms with Gasteiger partial charge in [0, 0.05) is 37.5 Å². The number of hydrogen-bond acceptors (Lipinski definition) is 7. The smallest absolute Gasteiger partial charge is 0.380 e. The van der Waals surface area contributed by atoms with Crippen LogP contribution in [0.4, 0.5) is 18.9 Å². The number of amides is 1. The quantitative estimate of drug-likeness (QED) is 0.508. The summed E-state index contributed by atoms with van der Waals surface area (Å²) in [5, 5.41) is 7.66. The molecular formula is C23H25F3N6O3. The molecule has 9 nitrogen and oxygen atoms in total. The van der Waals surface area contributed by atoms with E-state index in [1.165, 1.54) is 0 Å². The largest absolute Gasteiger partial charge is 0.451 e. The van der Waals surface area contributed by atoms with Crippen LogP contribution in [0.5, 0.6) is 0 Å². The van der Waals surface area contributed by atoms with E-state index in [0.29, 0.717) is 43.9 Å². The second kappa shape index (κ2) is 10.4. The van der Waals surface area contributed by atoms with E-state index in [-0.39, 0.29) is 30.4 Å². The van der Waals surface area contributed by atoms with Crippen LogP contribution in [0.2, 0.25) is 0 Å². The molecule has 0 saturated carbocycles. The Morgan fingerprint density at radius 2 is 1.83 bits per heavy atom. The van der Waals surface area contributed by atoms with Gasteiger partial charge in [-0.3, -0.25) is 9.59 Å². The van der Waals surface area contributed by atoms with E-state index in [1.807, 2.05) is 24.0 Å². The van der Waals surface area contributed by atoms with Gasteiger partial charge in [-0.1, -0.05) is 19.1 Å². The van der Waals surface area contributed by atoms with E-state index in [2.05, 4.69) is 20.2 Å². The van der Waals surface area contributed by atoms with Crippen LogP contribution in [0.3, 0.4) is 0 Å². The van der Waals surface area contributed by atoms with Crippen molar-refractivity contribution < 1.29 is 22.7 Å². The predicted molar refractivity (Wildman–Crippen MR) is 122 cm³/mol. The second-order valence-electron chi connectivity index (χ2n) is 8.36. The number of anilines is 1. The van der Waals surface area contributed by atoms with E-state index in [9.17, 15) is 22.8 Å². The molecule has 1 aliphatic rings. The zero-order valence-corrected chi connectivity index (χ0v) is 19.1. The van der Waals surface area contributed by atoms with E-state index in [0.717, 1.165) is 23.3 Å². The van der Waals surface area contributed by atoms with Crippen LogP contribution in [0.15, 0.2) is 41.6 Å². The lowest BCUT2D eigenvalue weighted by atomic mass is 9.97. The van der Waals surface area contributed by atoms with Crippen LogP contribution in [0, 0.1) is 0 Å². The van der Waals surface area contributed by atoms with Crippen molar-refractivity contribution in [1.29, 1.82) is 0 Å². The number of benzene rings is 1. The molecule has 0 unspecified atom stereocenters. The first kappa shape index (κ1) is 24.6. The minimum atomic E-state index is -4.57. The summed E-state index contributed by atoms with van der Waals surface area (Å²) in [6.07, 6.45) is -0.404. The highest BCUT2D eigenvalue weighted by molar-refractivity contribution is 5.84. The summed E-state index contributed by atoms with van der Waals surface area (Å²) < 4.78 is 43.6. The van der Waals surface area contributed by atoms with Gasteiger partial charge in [0.05, 0.1) is 49.3 Å². The normalized spacial score (nSPS) is 15.4. The molecule has 0 spiro atoms. The van der Waals surface area contributed by atoms with Crippen LogP contribution in [-0.4, -0.2) is 70.4 Å². The SMILES string of the molecule is C[C@@H](COCCC(=O)N1CCN(c2cnc(C(F)(F)F)nc2)CC1)c1cccc2c(=O)[nH]ncc12. The molecule has 1 fully saturated rings. The van der Waals surface area contributed by atoms with Crippen molar-refractivity contribution in [2.75, 3.05) is 44.3 Å². The van der Waals surface area contributed by atoms with Gasteiger partial charge in [0.25, 0.3) is 5.56 Å². The van der Waals surface area contributed by atoms with Crippen molar-refractivity contribution in [3.8, 4) is 0 Å². The van der Waals surface area contributed by atoms with Crippen LogP contribution >= 0.6 is 0 Å². The standard InChI is InChI=1S/C23H25F3N6O3/c1-15(17-3-2-4-18-19(17)13-29-30-21(18)34)14-35-10-5-20(33)32-8-6-31(7-9-32)16-11-27-22(28-12-16)23(24,25)26/h2-4,11-13,15H,5-10,14H2,1H3,(H,30,34)/t15-/m0/s1. The fourth-order valence-corrected chi connectivity index (χ4v) is 4.08. The minimum Gasteiger partial charge on any atom is -0.380 e. The molecule has 1 atom stereocenters. The van der Waals surface area contributed by atoms with E-state index in [1.54, 1.807) is 17.2 Å². The topological polar surface area (TPSA) is 104 Å². The Labute approximate surface area is 198 Å². The van der Waals surface area contributed by atoms with Gasteiger partial charge in [0.1, 0.15) is 0 Å². The third kappa shape index (κ3) is 5.76. The number of nitrogens with zero attached hydrogens (tertiary/aromatic N) is 5. The van der Waals surface area contributed by atoms with Gasteiger partial charge >= 0.3 is 6.18 Å². The van der Waals surface area contributed by atoms with Crippen LogP contribution in [0.25, 0.3) is 10.8 Å². The zero-order chi connectivity index (χ0) is 25.0. The maximum Gasteiger partial charge on any atom is 0.451 e. The summed E-state index contributed by atoms with van der Waals surface area (Å²) in [7, 11) is 0. The number of hydrogen-bond donors (Lipinski definition) is 1. The molecule has 0 aliphatic carbocycles. The molecule has 4 rings (SSSR count). The van der Waals surface area contributed by atoms with Gasteiger partial charge in [0.2, 0.25) is 11.7 Å². The first-order valence-electron chi connectivity index (χ1n) is 11.2. The second-order valence-corrected chi connectivity index (χ2v) is 8.36. The molecular weight excluding hydrogens is 465 g/mol. The van der Waals surface area contributed by atoms with E-state index < -0.39 is 12.0 Å². The lowest BCUT2D eigenvalue weighted by Crippen LogP contribution is -2.49. The molecule has 1 aliphatic heterocycles. The molecule has 1 saturated heterocycles. The van der Waals surface area contributed by atoms with Crippen molar-refractivity contribution in [2.24, 2.45) is 0 Å². The van der Waals surface area contributed by atoms with Gasteiger partial charge in [-0.25, -0.2) is 15.1 Å². The first-order valence-corrected chi connectivity index (χ1v) is 11.2. The number of piperazine rings is 1. The van der Waals surface area contributed by atoms with Gasteiger partial charge in [-0.05, 0) is 11.6 Å². The molecule has 1 amide bonds. The lowest BCUT2D eigenvalue weighted by molar-refractivity contribution is -0.145. The first-order chi connectivity index (χ1) is 16.7. The summed E-state index contributed by atoms with van der Waals surface area (Å²) in [4.78, 5) is 34.9. The summed E-state index contributed by atoms with van der Waals surface area (Å²) in [6, 6.07) is 5.50. The minimum absolute atomic E-state index is 0.00639. The molecule has 35 heavy (non-hydrogen) atoms. The zero-order valence-electron chi connectivity index (χ0n) is 19.1. The van der Waals surface area contributed by atoms with E-state index in [4.69, 9.17) is 4.74 Å². The maximum atomic E-state index is 12.6.